The summed E-state index contributed by atoms with van der Waals surface area (Å²) >= 11 is 0. The summed E-state index contributed by atoms with van der Waals surface area (Å²) in [5.74, 6) is -2.60. The Balaban J connectivity index is 1.55. The minimum absolute atomic E-state index is 0.0727. The van der Waals surface area contributed by atoms with Crippen LogP contribution in [0.3, 0.4) is 0 Å². The highest BCUT2D eigenvalue weighted by Gasteiger charge is 2.75. The summed E-state index contributed by atoms with van der Waals surface area (Å²) in [6.45, 7) is 10.2. The van der Waals surface area contributed by atoms with Gasteiger partial charge in [0.25, 0.3) is 0 Å². The molecular formula is C32H49N3O7. The molecule has 10 nitrogen and oxygen atoms in total. The number of rotatable bonds is 16. The van der Waals surface area contributed by atoms with Gasteiger partial charge in [-0.15, -0.1) is 13.2 Å². The molecule has 10 heteroatoms. The second kappa shape index (κ2) is 14.6. The first-order valence-corrected chi connectivity index (χ1v) is 15.9. The van der Waals surface area contributed by atoms with Crippen molar-refractivity contribution in [2.24, 2.45) is 11.8 Å². The number of nitrogens with zero attached hydrogens (tertiary/aromatic N) is 2. The molecule has 3 saturated heterocycles. The lowest BCUT2D eigenvalue weighted by Crippen LogP contribution is -2.58. The van der Waals surface area contributed by atoms with Crippen molar-refractivity contribution in [3.05, 3.63) is 25.3 Å². The summed E-state index contributed by atoms with van der Waals surface area (Å²) in [5, 5.41) is 12.0. The van der Waals surface area contributed by atoms with Gasteiger partial charge in [-0.1, -0.05) is 31.4 Å². The van der Waals surface area contributed by atoms with E-state index in [1.165, 1.54) is 0 Å². The SMILES string of the molecule is C=CCCC(=O)NC[C@H](C)OC(=O)[C@@H]1[C@@H]2CC[C@]3(O2)[C@H](C(=O)N(CC=C)C2CCCCC2)N(CCCCCO)C(=O)[C@@H]13. The van der Waals surface area contributed by atoms with Crippen molar-refractivity contribution in [2.75, 3.05) is 26.2 Å². The molecule has 0 unspecified atom stereocenters. The van der Waals surface area contributed by atoms with Gasteiger partial charge in [0.2, 0.25) is 17.7 Å². The fourth-order valence-corrected chi connectivity index (χ4v) is 7.52. The van der Waals surface area contributed by atoms with Crippen molar-refractivity contribution in [3.8, 4) is 0 Å². The summed E-state index contributed by atoms with van der Waals surface area (Å²) in [6, 6.07) is -0.719. The first-order valence-electron chi connectivity index (χ1n) is 15.9. The molecule has 4 aliphatic rings. The molecule has 1 saturated carbocycles. The summed E-state index contributed by atoms with van der Waals surface area (Å²) in [4.78, 5) is 57.8. The Hall–Kier alpha value is -2.72. The van der Waals surface area contributed by atoms with Gasteiger partial charge in [-0.25, -0.2) is 0 Å². The number of likely N-dealkylation sites (tertiary alicyclic amines) is 1. The standard InChI is InChI=1S/C32H49N3O7/c1-4-6-15-25(37)33-21-22(3)41-31(40)26-24-16-17-32(42-24)27(26)29(38)35(19-11-8-12-20-36)28(32)30(39)34(18-5-2)23-13-9-7-10-14-23/h4-5,22-24,26-28,36H,1-2,6-21H2,3H3,(H,33,37)/t22-,24-,26+,27+,28-,32+/m0/s1. The number of allylic oxidation sites excluding steroid dienone is 1. The number of aliphatic hydroxyl groups is 1. The monoisotopic (exact) mass is 587 g/mol. The summed E-state index contributed by atoms with van der Waals surface area (Å²) in [6.07, 6.45) is 11.4. The predicted octanol–water partition coefficient (Wildman–Crippen LogP) is 2.89. The van der Waals surface area contributed by atoms with Crippen LogP contribution >= 0.6 is 0 Å². The maximum Gasteiger partial charge on any atom is 0.312 e. The van der Waals surface area contributed by atoms with Crippen molar-refractivity contribution >= 4 is 23.7 Å². The highest BCUT2D eigenvalue weighted by molar-refractivity contribution is 5.98. The number of hydrogen-bond donors (Lipinski definition) is 2. The van der Waals surface area contributed by atoms with Crippen LogP contribution in [0.5, 0.6) is 0 Å². The third-order valence-electron chi connectivity index (χ3n) is 9.47. The molecule has 0 aromatic carbocycles. The zero-order valence-electron chi connectivity index (χ0n) is 25.1. The van der Waals surface area contributed by atoms with Crippen LogP contribution < -0.4 is 5.32 Å². The van der Waals surface area contributed by atoms with Gasteiger partial charge in [0.05, 0.1) is 24.5 Å². The predicted molar refractivity (Wildman–Crippen MR) is 157 cm³/mol. The molecule has 0 aromatic rings. The van der Waals surface area contributed by atoms with E-state index in [9.17, 15) is 24.3 Å². The quantitative estimate of drug-likeness (QED) is 0.162. The second-order valence-corrected chi connectivity index (χ2v) is 12.3. The number of carbonyl (C=O) groups is 4. The third kappa shape index (κ3) is 6.59. The van der Waals surface area contributed by atoms with Crippen LogP contribution in [0.25, 0.3) is 0 Å². The summed E-state index contributed by atoms with van der Waals surface area (Å²) < 4.78 is 12.3. The Labute approximate surface area is 249 Å². The molecule has 42 heavy (non-hydrogen) atoms. The van der Waals surface area contributed by atoms with Gasteiger partial charge in [0.1, 0.15) is 17.7 Å². The van der Waals surface area contributed by atoms with E-state index in [-0.39, 0.29) is 36.9 Å². The first-order chi connectivity index (χ1) is 20.3. The molecule has 1 spiro atoms. The van der Waals surface area contributed by atoms with E-state index in [1.807, 2.05) is 4.90 Å². The Kier molecular flexibility index (Phi) is 11.2. The Bertz CT molecular complexity index is 1010. The van der Waals surface area contributed by atoms with Gasteiger partial charge in [-0.3, -0.25) is 19.2 Å². The van der Waals surface area contributed by atoms with Crippen LogP contribution in [0.4, 0.5) is 0 Å². The fourth-order valence-electron chi connectivity index (χ4n) is 7.52. The molecule has 6 atom stereocenters. The van der Waals surface area contributed by atoms with Crippen LogP contribution in [0.1, 0.15) is 84.0 Å². The number of nitrogens with one attached hydrogen (secondary N) is 1. The van der Waals surface area contributed by atoms with Gasteiger partial charge in [0.15, 0.2) is 0 Å². The molecule has 4 rings (SSSR count). The molecule has 3 amide bonds. The molecular weight excluding hydrogens is 538 g/mol. The first kappa shape index (κ1) is 32.2. The van der Waals surface area contributed by atoms with Crippen LogP contribution in [-0.4, -0.2) is 94.7 Å². The molecule has 2 bridgehead atoms. The Morgan fingerprint density at radius 3 is 2.62 bits per heavy atom. The maximum absolute atomic E-state index is 14.5. The number of unbranched alkanes of at least 4 members (excludes halogenated alkanes) is 2. The average Bonchev–Trinajstić information content (AvgIpc) is 3.63. The van der Waals surface area contributed by atoms with Crippen molar-refractivity contribution in [2.45, 2.75) is 114 Å². The molecule has 3 aliphatic heterocycles. The number of esters is 1. The molecule has 4 fully saturated rings. The Morgan fingerprint density at radius 2 is 1.93 bits per heavy atom. The van der Waals surface area contributed by atoms with Crippen LogP contribution in [0.2, 0.25) is 0 Å². The van der Waals surface area contributed by atoms with E-state index >= 15 is 0 Å². The molecule has 0 radical (unpaired) electrons. The van der Waals surface area contributed by atoms with Crippen molar-refractivity contribution in [1.29, 1.82) is 0 Å². The fraction of sp³-hybridized carbons (Fsp3) is 0.750. The lowest BCUT2D eigenvalue weighted by molar-refractivity contribution is -0.159. The highest BCUT2D eigenvalue weighted by Crippen LogP contribution is 2.59. The van der Waals surface area contributed by atoms with Gasteiger partial charge in [0, 0.05) is 32.2 Å². The molecule has 234 valence electrons. The van der Waals surface area contributed by atoms with Crippen molar-refractivity contribution in [1.82, 2.24) is 15.1 Å². The van der Waals surface area contributed by atoms with Gasteiger partial charge in [-0.05, 0) is 58.3 Å². The Morgan fingerprint density at radius 1 is 1.17 bits per heavy atom. The number of carbonyl (C=O) groups excluding carboxylic acids is 4. The van der Waals surface area contributed by atoms with Crippen LogP contribution in [0.15, 0.2) is 25.3 Å². The summed E-state index contributed by atoms with van der Waals surface area (Å²) in [7, 11) is 0. The van der Waals surface area contributed by atoms with Gasteiger partial charge in [-0.2, -0.15) is 0 Å². The van der Waals surface area contributed by atoms with E-state index in [4.69, 9.17) is 9.47 Å². The largest absolute Gasteiger partial charge is 0.460 e. The topological polar surface area (TPSA) is 125 Å². The van der Waals surface area contributed by atoms with Crippen LogP contribution in [0, 0.1) is 11.8 Å². The van der Waals surface area contributed by atoms with Gasteiger partial charge >= 0.3 is 5.97 Å². The molecule has 0 aromatic heterocycles. The highest BCUT2D eigenvalue weighted by atomic mass is 16.6. The number of ether oxygens (including phenoxy) is 2. The molecule has 1 aliphatic carbocycles. The van der Waals surface area contributed by atoms with E-state index in [0.717, 1.165) is 38.5 Å². The summed E-state index contributed by atoms with van der Waals surface area (Å²) in [5.41, 5.74) is -1.07. The second-order valence-electron chi connectivity index (χ2n) is 12.3. The van der Waals surface area contributed by atoms with E-state index in [1.54, 1.807) is 24.0 Å². The minimum atomic E-state index is -1.07. The zero-order valence-corrected chi connectivity index (χ0v) is 25.1. The minimum Gasteiger partial charge on any atom is -0.460 e. The smallest absolute Gasteiger partial charge is 0.312 e. The number of fused-ring (bicyclic) bond motifs is 1. The van der Waals surface area contributed by atoms with Crippen molar-refractivity contribution in [3.63, 3.8) is 0 Å². The van der Waals surface area contributed by atoms with E-state index in [0.29, 0.717) is 51.6 Å². The van der Waals surface area contributed by atoms with E-state index < -0.39 is 41.7 Å². The number of aliphatic hydroxyl groups excluding tert-OH is 1. The van der Waals surface area contributed by atoms with Crippen molar-refractivity contribution < 1.29 is 33.8 Å². The van der Waals surface area contributed by atoms with Crippen LogP contribution in [-0.2, 0) is 28.7 Å². The lowest BCUT2D eigenvalue weighted by atomic mass is 9.70. The molecule has 2 N–H and O–H groups in total. The maximum atomic E-state index is 14.5. The van der Waals surface area contributed by atoms with Gasteiger partial charge < -0.3 is 29.7 Å². The normalized spacial score (nSPS) is 29.2. The lowest BCUT2D eigenvalue weighted by Gasteiger charge is -2.40. The number of amides is 3. The number of hydrogen-bond acceptors (Lipinski definition) is 7. The molecule has 3 heterocycles. The third-order valence-corrected chi connectivity index (χ3v) is 9.47. The zero-order chi connectivity index (χ0) is 30.3. The van der Waals surface area contributed by atoms with E-state index in [2.05, 4.69) is 18.5 Å². The average molecular weight is 588 g/mol.